The highest BCUT2D eigenvalue weighted by molar-refractivity contribution is 5.83. The molecule has 1 fully saturated rings. The van der Waals surface area contributed by atoms with Crippen molar-refractivity contribution in [2.24, 2.45) is 0 Å². The molecule has 0 bridgehead atoms. The Balaban J connectivity index is 1.16. The van der Waals surface area contributed by atoms with Crippen LogP contribution in [-0.4, -0.2) is 50.0 Å². The maximum Gasteiger partial charge on any atom is 0.407 e. The molecule has 0 radical (unpaired) electrons. The molecule has 0 saturated carbocycles. The van der Waals surface area contributed by atoms with Gasteiger partial charge >= 0.3 is 12.1 Å². The van der Waals surface area contributed by atoms with E-state index in [4.69, 9.17) is 14.3 Å². The van der Waals surface area contributed by atoms with E-state index in [1.165, 1.54) is 5.06 Å². The van der Waals surface area contributed by atoms with Gasteiger partial charge in [0.05, 0.1) is 12.3 Å². The molecule has 0 unspecified atom stereocenters. The van der Waals surface area contributed by atoms with Crippen molar-refractivity contribution in [3.8, 4) is 11.1 Å². The number of para-hydroxylation sites is 1. The lowest BCUT2D eigenvalue weighted by Gasteiger charge is -2.25. The first-order valence-electron chi connectivity index (χ1n) is 12.6. The summed E-state index contributed by atoms with van der Waals surface area (Å²) in [6, 6.07) is 25.3. The Morgan fingerprint density at radius 3 is 2.18 bits per heavy atom. The summed E-state index contributed by atoms with van der Waals surface area (Å²) in [7, 11) is 0. The minimum absolute atomic E-state index is 0.0724. The number of esters is 1. The van der Waals surface area contributed by atoms with Gasteiger partial charge in [-0.2, -0.15) is 0 Å². The van der Waals surface area contributed by atoms with Gasteiger partial charge in [-0.15, -0.1) is 0 Å². The fraction of sp³-hybridized carbons (Fsp3) is 0.276. The zero-order valence-corrected chi connectivity index (χ0v) is 21.0. The fourth-order valence-electron chi connectivity index (χ4n) is 4.90. The number of benzene rings is 3. The van der Waals surface area contributed by atoms with E-state index in [1.54, 1.807) is 6.92 Å². The van der Waals surface area contributed by atoms with Crippen molar-refractivity contribution in [2.75, 3.05) is 24.8 Å². The number of hydrogen-bond acceptors (Lipinski definition) is 7. The lowest BCUT2D eigenvalue weighted by atomic mass is 9.98. The Labute approximate surface area is 220 Å². The number of fused-ring (bicyclic) bond motifs is 3. The quantitative estimate of drug-likeness (QED) is 0.440. The fourth-order valence-corrected chi connectivity index (χ4v) is 4.90. The Morgan fingerprint density at radius 1 is 0.895 bits per heavy atom. The topological polar surface area (TPSA) is 106 Å². The number of carbonyl (C=O) groups is 3. The SMILES string of the molecule is CCOC(=O)[C@H]1C[C@H](NC(=O)CNC(=O)OCC2c3ccccc3-c3ccccc32)N(c2ccccc2)O1. The molecule has 38 heavy (non-hydrogen) atoms. The second kappa shape index (κ2) is 11.4. The third kappa shape index (κ3) is 5.33. The normalized spacial score (nSPS) is 17.9. The molecule has 1 aliphatic heterocycles. The zero-order chi connectivity index (χ0) is 26.5. The molecule has 3 aromatic rings. The van der Waals surface area contributed by atoms with Gasteiger partial charge in [-0.3, -0.25) is 9.63 Å². The lowest BCUT2D eigenvalue weighted by molar-refractivity contribution is -0.154. The number of carbonyl (C=O) groups excluding carboxylic acids is 3. The third-order valence-corrected chi connectivity index (χ3v) is 6.59. The summed E-state index contributed by atoms with van der Waals surface area (Å²) in [5.41, 5.74) is 5.17. The number of ether oxygens (including phenoxy) is 2. The van der Waals surface area contributed by atoms with Crippen LogP contribution in [0.25, 0.3) is 11.1 Å². The summed E-state index contributed by atoms with van der Waals surface area (Å²) < 4.78 is 10.6. The van der Waals surface area contributed by atoms with E-state index in [9.17, 15) is 14.4 Å². The van der Waals surface area contributed by atoms with Crippen LogP contribution in [0.1, 0.15) is 30.4 Å². The van der Waals surface area contributed by atoms with Crippen LogP contribution in [0, 0.1) is 0 Å². The smallest absolute Gasteiger partial charge is 0.407 e. The largest absolute Gasteiger partial charge is 0.464 e. The highest BCUT2D eigenvalue weighted by Gasteiger charge is 2.39. The molecular weight excluding hydrogens is 486 g/mol. The van der Waals surface area contributed by atoms with E-state index in [2.05, 4.69) is 22.8 Å². The van der Waals surface area contributed by atoms with Gasteiger partial charge in [-0.25, -0.2) is 14.7 Å². The Kier molecular flexibility index (Phi) is 7.55. The van der Waals surface area contributed by atoms with E-state index in [0.29, 0.717) is 5.69 Å². The summed E-state index contributed by atoms with van der Waals surface area (Å²) in [5.74, 6) is -1.02. The van der Waals surface area contributed by atoms with Gasteiger partial charge in [0.15, 0.2) is 6.10 Å². The number of anilines is 1. The van der Waals surface area contributed by atoms with Crippen LogP contribution in [0.4, 0.5) is 10.5 Å². The van der Waals surface area contributed by atoms with Crippen molar-refractivity contribution in [2.45, 2.75) is 31.5 Å². The van der Waals surface area contributed by atoms with Crippen molar-refractivity contribution in [1.82, 2.24) is 10.6 Å². The molecule has 1 saturated heterocycles. The molecule has 5 rings (SSSR count). The Morgan fingerprint density at radius 2 is 1.53 bits per heavy atom. The van der Waals surface area contributed by atoms with Crippen LogP contribution >= 0.6 is 0 Å². The second-order valence-corrected chi connectivity index (χ2v) is 9.01. The Bertz CT molecular complexity index is 1270. The van der Waals surface area contributed by atoms with Crippen LogP contribution in [0.3, 0.4) is 0 Å². The van der Waals surface area contributed by atoms with Crippen molar-refractivity contribution in [3.63, 3.8) is 0 Å². The number of alkyl carbamates (subject to hydrolysis) is 1. The molecule has 0 spiro atoms. The lowest BCUT2D eigenvalue weighted by Crippen LogP contribution is -2.47. The second-order valence-electron chi connectivity index (χ2n) is 9.01. The van der Waals surface area contributed by atoms with Crippen molar-refractivity contribution < 1.29 is 28.7 Å². The number of nitrogens with zero attached hydrogens (tertiary/aromatic N) is 1. The molecule has 9 nitrogen and oxygen atoms in total. The maximum absolute atomic E-state index is 12.7. The zero-order valence-electron chi connectivity index (χ0n) is 21.0. The summed E-state index contributed by atoms with van der Waals surface area (Å²) in [6.45, 7) is 1.81. The standard InChI is InChI=1S/C29H29N3O6/c1-2-36-28(34)25-16-26(32(38-25)19-10-4-3-5-11-19)31-27(33)17-30-29(35)37-18-24-22-14-8-6-12-20(22)21-13-7-9-15-23(21)24/h3-15,24-26H,2,16-18H2,1H3,(H,30,35)(H,31,33)/t25-,26-/m1/s1. The predicted molar refractivity (Wildman–Crippen MR) is 140 cm³/mol. The van der Waals surface area contributed by atoms with Crippen LogP contribution < -0.4 is 15.7 Å². The van der Waals surface area contributed by atoms with Crippen LogP contribution in [0.5, 0.6) is 0 Å². The third-order valence-electron chi connectivity index (χ3n) is 6.59. The molecule has 2 amide bonds. The average Bonchev–Trinajstić information content (AvgIpc) is 3.51. The predicted octanol–water partition coefficient (Wildman–Crippen LogP) is 3.74. The number of hydrogen-bond donors (Lipinski definition) is 2. The molecule has 2 N–H and O–H groups in total. The first-order valence-corrected chi connectivity index (χ1v) is 12.6. The summed E-state index contributed by atoms with van der Waals surface area (Å²) in [5, 5.41) is 6.81. The molecular formula is C29H29N3O6. The number of amides is 2. The molecule has 0 aromatic heterocycles. The molecule has 2 aliphatic rings. The summed E-state index contributed by atoms with van der Waals surface area (Å²) >= 11 is 0. The van der Waals surface area contributed by atoms with Gasteiger partial charge in [0.2, 0.25) is 5.91 Å². The molecule has 1 heterocycles. The van der Waals surface area contributed by atoms with Gasteiger partial charge in [-0.1, -0.05) is 66.7 Å². The van der Waals surface area contributed by atoms with Crippen LogP contribution in [0.15, 0.2) is 78.9 Å². The maximum atomic E-state index is 12.7. The molecule has 9 heteroatoms. The van der Waals surface area contributed by atoms with Gasteiger partial charge in [0.25, 0.3) is 0 Å². The molecule has 3 aromatic carbocycles. The van der Waals surface area contributed by atoms with Crippen molar-refractivity contribution in [3.05, 3.63) is 90.0 Å². The number of nitrogens with one attached hydrogen (secondary N) is 2. The van der Waals surface area contributed by atoms with Crippen molar-refractivity contribution in [1.29, 1.82) is 0 Å². The van der Waals surface area contributed by atoms with Crippen molar-refractivity contribution >= 4 is 23.7 Å². The highest BCUT2D eigenvalue weighted by Crippen LogP contribution is 2.44. The van der Waals surface area contributed by atoms with E-state index in [-0.39, 0.29) is 32.1 Å². The Hall–Kier alpha value is -4.37. The van der Waals surface area contributed by atoms with Gasteiger partial charge in [0, 0.05) is 12.3 Å². The monoisotopic (exact) mass is 515 g/mol. The van der Waals surface area contributed by atoms with Gasteiger partial charge < -0.3 is 20.1 Å². The van der Waals surface area contributed by atoms with Gasteiger partial charge in [-0.05, 0) is 41.3 Å². The first-order chi connectivity index (χ1) is 18.5. The minimum atomic E-state index is -0.851. The van der Waals surface area contributed by atoms with E-state index in [0.717, 1.165) is 22.3 Å². The highest BCUT2D eigenvalue weighted by atomic mass is 16.7. The first kappa shape index (κ1) is 25.3. The molecule has 2 atom stereocenters. The molecule has 1 aliphatic carbocycles. The summed E-state index contributed by atoms with van der Waals surface area (Å²) in [6.07, 6.45) is -1.96. The van der Waals surface area contributed by atoms with E-state index >= 15 is 0 Å². The van der Waals surface area contributed by atoms with E-state index in [1.807, 2.05) is 66.7 Å². The van der Waals surface area contributed by atoms with Gasteiger partial charge in [0.1, 0.15) is 19.3 Å². The average molecular weight is 516 g/mol. The summed E-state index contributed by atoms with van der Waals surface area (Å²) in [4.78, 5) is 43.2. The van der Waals surface area contributed by atoms with Crippen LogP contribution in [0.2, 0.25) is 0 Å². The molecule has 196 valence electrons. The number of hydroxylamine groups is 1. The minimum Gasteiger partial charge on any atom is -0.464 e. The van der Waals surface area contributed by atoms with E-state index < -0.39 is 30.2 Å². The van der Waals surface area contributed by atoms with Crippen LogP contribution in [-0.2, 0) is 23.9 Å². The number of rotatable bonds is 8.